The Bertz CT molecular complexity index is 404. The zero-order chi connectivity index (χ0) is 12.4. The summed E-state index contributed by atoms with van der Waals surface area (Å²) in [6.45, 7) is 1.82. The van der Waals surface area contributed by atoms with Gasteiger partial charge in [-0.2, -0.15) is 0 Å². The van der Waals surface area contributed by atoms with Crippen molar-refractivity contribution in [2.75, 3.05) is 20.1 Å². The molecule has 0 bridgehead atoms. The fraction of sp³-hybridized carbons (Fsp3) is 0.462. The Kier molecular flexibility index (Phi) is 3.69. The van der Waals surface area contributed by atoms with Gasteiger partial charge in [0, 0.05) is 11.6 Å². The van der Waals surface area contributed by atoms with Crippen molar-refractivity contribution in [3.05, 3.63) is 34.9 Å². The molecule has 0 radical (unpaired) electrons. The van der Waals surface area contributed by atoms with Gasteiger partial charge in [-0.3, -0.25) is 4.79 Å². The van der Waals surface area contributed by atoms with Crippen LogP contribution in [0.4, 0.5) is 0 Å². The Morgan fingerprint density at radius 2 is 2.12 bits per heavy atom. The fourth-order valence-electron chi connectivity index (χ4n) is 2.53. The highest BCUT2D eigenvalue weighted by Crippen LogP contribution is 2.32. The van der Waals surface area contributed by atoms with E-state index in [0.29, 0.717) is 5.02 Å². The molecule has 0 amide bonds. The number of halogens is 1. The Labute approximate surface area is 106 Å². The van der Waals surface area contributed by atoms with Crippen LogP contribution in [-0.4, -0.2) is 36.1 Å². The molecule has 2 atom stereocenters. The van der Waals surface area contributed by atoms with E-state index in [2.05, 4.69) is 4.90 Å². The van der Waals surface area contributed by atoms with Crippen molar-refractivity contribution in [1.82, 2.24) is 4.90 Å². The summed E-state index contributed by atoms with van der Waals surface area (Å²) >= 11 is 5.82. The molecule has 3 nitrogen and oxygen atoms in total. The van der Waals surface area contributed by atoms with Gasteiger partial charge in [0.25, 0.3) is 0 Å². The lowest BCUT2D eigenvalue weighted by Gasteiger charge is -2.19. The minimum Gasteiger partial charge on any atom is -0.481 e. The van der Waals surface area contributed by atoms with Crippen molar-refractivity contribution in [2.24, 2.45) is 5.92 Å². The quantitative estimate of drug-likeness (QED) is 0.900. The van der Waals surface area contributed by atoms with Crippen LogP contribution in [0.15, 0.2) is 24.3 Å². The Morgan fingerprint density at radius 3 is 2.59 bits per heavy atom. The number of likely N-dealkylation sites (tertiary alicyclic amines) is 1. The van der Waals surface area contributed by atoms with Crippen LogP contribution in [0.25, 0.3) is 0 Å². The Balaban J connectivity index is 2.23. The van der Waals surface area contributed by atoms with Crippen LogP contribution < -0.4 is 0 Å². The molecule has 1 aromatic carbocycles. The summed E-state index contributed by atoms with van der Waals surface area (Å²) in [6, 6.07) is 7.15. The molecular weight excluding hydrogens is 238 g/mol. The third kappa shape index (κ3) is 2.79. The van der Waals surface area contributed by atoms with E-state index in [-0.39, 0.29) is 5.92 Å². The van der Waals surface area contributed by atoms with Gasteiger partial charge < -0.3 is 10.0 Å². The predicted molar refractivity (Wildman–Crippen MR) is 67.4 cm³/mol. The summed E-state index contributed by atoms with van der Waals surface area (Å²) in [6.07, 6.45) is 0.941. The molecule has 0 spiro atoms. The van der Waals surface area contributed by atoms with Gasteiger partial charge in [-0.15, -0.1) is 0 Å². The summed E-state index contributed by atoms with van der Waals surface area (Å²) in [5, 5.41) is 10.0. The van der Waals surface area contributed by atoms with E-state index >= 15 is 0 Å². The highest BCUT2D eigenvalue weighted by Gasteiger charge is 2.33. The number of hydrogen-bond acceptors (Lipinski definition) is 2. The van der Waals surface area contributed by atoms with Crippen molar-refractivity contribution in [3.63, 3.8) is 0 Å². The number of aliphatic carboxylic acids is 1. The minimum atomic E-state index is -0.743. The normalized spacial score (nSPS) is 22.6. The van der Waals surface area contributed by atoms with E-state index in [1.165, 1.54) is 0 Å². The Hall–Kier alpha value is -1.06. The molecule has 4 heteroatoms. The van der Waals surface area contributed by atoms with E-state index in [0.717, 1.165) is 25.1 Å². The first-order valence-corrected chi connectivity index (χ1v) is 6.12. The number of carboxylic acid groups (broad SMARTS) is 1. The zero-order valence-corrected chi connectivity index (χ0v) is 10.5. The molecule has 1 heterocycles. The van der Waals surface area contributed by atoms with Gasteiger partial charge in [0.2, 0.25) is 0 Å². The lowest BCUT2D eigenvalue weighted by molar-refractivity contribution is -0.140. The van der Waals surface area contributed by atoms with Crippen molar-refractivity contribution in [2.45, 2.75) is 12.3 Å². The molecule has 1 N–H and O–H groups in total. The Morgan fingerprint density at radius 1 is 1.47 bits per heavy atom. The van der Waals surface area contributed by atoms with Crippen LogP contribution in [0.3, 0.4) is 0 Å². The number of carbonyl (C=O) groups is 1. The molecule has 0 aliphatic carbocycles. The number of nitrogens with zero attached hydrogens (tertiary/aromatic N) is 1. The molecule has 1 saturated heterocycles. The van der Waals surface area contributed by atoms with Crippen LogP contribution >= 0.6 is 11.6 Å². The van der Waals surface area contributed by atoms with Crippen LogP contribution in [0, 0.1) is 5.92 Å². The summed E-state index contributed by atoms with van der Waals surface area (Å²) in [4.78, 5) is 13.6. The van der Waals surface area contributed by atoms with Crippen molar-refractivity contribution in [3.8, 4) is 0 Å². The lowest BCUT2D eigenvalue weighted by atomic mass is 9.85. The van der Waals surface area contributed by atoms with Gasteiger partial charge >= 0.3 is 5.97 Å². The van der Waals surface area contributed by atoms with E-state index < -0.39 is 11.9 Å². The third-order valence-electron chi connectivity index (χ3n) is 3.39. The molecule has 0 aromatic heterocycles. The van der Waals surface area contributed by atoms with E-state index in [9.17, 15) is 9.90 Å². The predicted octanol–water partition coefficient (Wildman–Crippen LogP) is 2.46. The average molecular weight is 254 g/mol. The van der Waals surface area contributed by atoms with Gasteiger partial charge in [0.15, 0.2) is 0 Å². The SMILES string of the molecule is CN1CCC(C(C(=O)O)c2ccc(Cl)cc2)C1. The third-order valence-corrected chi connectivity index (χ3v) is 3.65. The van der Waals surface area contributed by atoms with Crippen molar-refractivity contribution >= 4 is 17.6 Å². The van der Waals surface area contributed by atoms with Crippen LogP contribution in [-0.2, 0) is 4.79 Å². The van der Waals surface area contributed by atoms with Crippen LogP contribution in [0.1, 0.15) is 17.9 Å². The monoisotopic (exact) mass is 253 g/mol. The molecule has 17 heavy (non-hydrogen) atoms. The molecule has 1 aromatic rings. The first-order chi connectivity index (χ1) is 8.08. The minimum absolute atomic E-state index is 0.193. The second-order valence-corrected chi connectivity index (χ2v) is 5.11. The maximum atomic E-state index is 11.4. The topological polar surface area (TPSA) is 40.5 Å². The molecule has 2 rings (SSSR count). The maximum Gasteiger partial charge on any atom is 0.311 e. The summed E-state index contributed by atoms with van der Waals surface area (Å²) in [7, 11) is 2.03. The standard InChI is InChI=1S/C13H16ClNO2/c1-15-7-6-10(8-15)12(13(16)17)9-2-4-11(14)5-3-9/h2-5,10,12H,6-8H2,1H3,(H,16,17). The van der Waals surface area contributed by atoms with Gasteiger partial charge in [0.05, 0.1) is 5.92 Å². The molecule has 2 unspecified atom stereocenters. The second kappa shape index (κ2) is 5.07. The molecule has 1 aliphatic heterocycles. The van der Waals surface area contributed by atoms with E-state index in [1.807, 2.05) is 19.2 Å². The number of rotatable bonds is 3. The zero-order valence-electron chi connectivity index (χ0n) is 9.77. The molecule has 92 valence electrons. The van der Waals surface area contributed by atoms with Gasteiger partial charge in [-0.1, -0.05) is 23.7 Å². The highest BCUT2D eigenvalue weighted by atomic mass is 35.5. The van der Waals surface area contributed by atoms with Crippen molar-refractivity contribution < 1.29 is 9.90 Å². The molecular formula is C13H16ClNO2. The first-order valence-electron chi connectivity index (χ1n) is 5.74. The van der Waals surface area contributed by atoms with E-state index in [4.69, 9.17) is 11.6 Å². The summed E-state index contributed by atoms with van der Waals surface area (Å²) in [5.41, 5.74) is 0.849. The van der Waals surface area contributed by atoms with Crippen molar-refractivity contribution in [1.29, 1.82) is 0 Å². The first kappa shape index (κ1) is 12.4. The molecule has 0 saturated carbocycles. The van der Waals surface area contributed by atoms with Gasteiger partial charge in [0.1, 0.15) is 0 Å². The fourth-order valence-corrected chi connectivity index (χ4v) is 2.65. The maximum absolute atomic E-state index is 11.4. The summed E-state index contributed by atoms with van der Waals surface area (Å²) < 4.78 is 0. The smallest absolute Gasteiger partial charge is 0.311 e. The molecule has 1 fully saturated rings. The van der Waals surface area contributed by atoms with Crippen LogP contribution in [0.2, 0.25) is 5.02 Å². The van der Waals surface area contributed by atoms with Crippen LogP contribution in [0.5, 0.6) is 0 Å². The summed E-state index contributed by atoms with van der Waals surface area (Å²) in [5.74, 6) is -0.969. The largest absolute Gasteiger partial charge is 0.481 e. The second-order valence-electron chi connectivity index (χ2n) is 4.68. The van der Waals surface area contributed by atoms with Gasteiger partial charge in [-0.25, -0.2) is 0 Å². The number of hydrogen-bond donors (Lipinski definition) is 1. The molecule has 1 aliphatic rings. The number of benzene rings is 1. The average Bonchev–Trinajstić information content (AvgIpc) is 2.68. The van der Waals surface area contributed by atoms with E-state index in [1.54, 1.807) is 12.1 Å². The number of carboxylic acids is 1. The lowest BCUT2D eigenvalue weighted by Crippen LogP contribution is -2.24. The highest BCUT2D eigenvalue weighted by molar-refractivity contribution is 6.30. The van der Waals surface area contributed by atoms with Gasteiger partial charge in [-0.05, 0) is 43.6 Å².